The highest BCUT2D eigenvalue weighted by molar-refractivity contribution is 5.99. The van der Waals surface area contributed by atoms with Gasteiger partial charge in [0.2, 0.25) is 5.43 Å². The molecule has 150 valence electrons. The maximum absolute atomic E-state index is 13.1. The molecule has 6 nitrogen and oxygen atoms in total. The highest BCUT2D eigenvalue weighted by atomic mass is 16.2. The van der Waals surface area contributed by atoms with Crippen LogP contribution in [0.2, 0.25) is 0 Å². The van der Waals surface area contributed by atoms with Gasteiger partial charge in [0.05, 0.1) is 0 Å². The van der Waals surface area contributed by atoms with E-state index >= 15 is 0 Å². The molecule has 1 aliphatic rings. The third-order valence-corrected chi connectivity index (χ3v) is 4.51. The van der Waals surface area contributed by atoms with E-state index in [1.54, 1.807) is 21.9 Å². The van der Waals surface area contributed by atoms with Gasteiger partial charge in [-0.05, 0) is 44.9 Å². The summed E-state index contributed by atoms with van der Waals surface area (Å²) in [7, 11) is 0. The molecule has 1 aromatic rings. The minimum atomic E-state index is -0.477. The average Bonchev–Trinajstić information content (AvgIpc) is 3.38. The average molecular weight is 376 g/mol. The quantitative estimate of drug-likeness (QED) is 0.721. The van der Waals surface area contributed by atoms with E-state index in [2.05, 4.69) is 19.2 Å². The second-order valence-corrected chi connectivity index (χ2v) is 8.33. The third kappa shape index (κ3) is 5.94. The van der Waals surface area contributed by atoms with Crippen molar-refractivity contribution in [3.63, 3.8) is 0 Å². The van der Waals surface area contributed by atoms with Gasteiger partial charge in [-0.1, -0.05) is 20.8 Å². The minimum absolute atomic E-state index is 0.0399. The zero-order chi connectivity index (χ0) is 20.1. The van der Waals surface area contributed by atoms with E-state index in [1.807, 2.05) is 20.8 Å². The molecule has 1 saturated carbocycles. The first-order valence-corrected chi connectivity index (χ1v) is 10.1. The number of carbonyl (C=O) groups is 2. The largest absolute Gasteiger partial charge is 0.352 e. The first kappa shape index (κ1) is 21.2. The molecule has 0 atom stereocenters. The van der Waals surface area contributed by atoms with Crippen LogP contribution in [0.4, 0.5) is 0 Å². The van der Waals surface area contributed by atoms with Crippen molar-refractivity contribution in [2.45, 2.75) is 66.5 Å². The summed E-state index contributed by atoms with van der Waals surface area (Å²) in [6.45, 7) is 11.8. The van der Waals surface area contributed by atoms with E-state index in [9.17, 15) is 14.4 Å². The molecule has 1 N–H and O–H groups in total. The van der Waals surface area contributed by atoms with Gasteiger partial charge in [-0.25, -0.2) is 0 Å². The van der Waals surface area contributed by atoms with Gasteiger partial charge in [-0.3, -0.25) is 14.4 Å². The van der Waals surface area contributed by atoms with Crippen molar-refractivity contribution < 1.29 is 9.59 Å². The van der Waals surface area contributed by atoms with Crippen molar-refractivity contribution >= 4 is 11.8 Å². The highest BCUT2D eigenvalue weighted by Gasteiger charge is 2.29. The standard InChI is InChI=1S/C21H33N3O3/c1-6-9-24(11-16-7-8-16)21(27)18-13-23(10-14(2)3)12-17(19(18)25)20(26)22-15(4)5/h12-16H,6-11H2,1-5H3,(H,22,26). The molecule has 0 aliphatic heterocycles. The fourth-order valence-corrected chi connectivity index (χ4v) is 3.14. The Balaban J connectivity index is 2.43. The SMILES string of the molecule is CCCN(CC1CC1)C(=O)c1cn(CC(C)C)cc(C(=O)NC(C)C)c1=O. The number of rotatable bonds is 9. The van der Waals surface area contributed by atoms with Gasteiger partial charge in [0.25, 0.3) is 11.8 Å². The maximum atomic E-state index is 13.1. The van der Waals surface area contributed by atoms with Gasteiger partial charge in [-0.15, -0.1) is 0 Å². The predicted octanol–water partition coefficient (Wildman–Crippen LogP) is 2.90. The zero-order valence-electron chi connectivity index (χ0n) is 17.2. The van der Waals surface area contributed by atoms with E-state index in [4.69, 9.17) is 0 Å². The molecule has 0 radical (unpaired) electrons. The monoisotopic (exact) mass is 375 g/mol. The molecular formula is C21H33N3O3. The molecule has 2 amide bonds. The second-order valence-electron chi connectivity index (χ2n) is 8.33. The summed E-state index contributed by atoms with van der Waals surface area (Å²) in [5.41, 5.74) is -0.339. The molecule has 1 fully saturated rings. The number of pyridine rings is 1. The van der Waals surface area contributed by atoms with E-state index in [1.165, 1.54) is 0 Å². The van der Waals surface area contributed by atoms with Gasteiger partial charge in [0.15, 0.2) is 0 Å². The third-order valence-electron chi connectivity index (χ3n) is 4.51. The van der Waals surface area contributed by atoms with Gasteiger partial charge in [0, 0.05) is 38.1 Å². The van der Waals surface area contributed by atoms with Crippen LogP contribution in [0.3, 0.4) is 0 Å². The van der Waals surface area contributed by atoms with Crippen molar-refractivity contribution in [3.8, 4) is 0 Å². The van der Waals surface area contributed by atoms with Crippen LogP contribution in [0.25, 0.3) is 0 Å². The van der Waals surface area contributed by atoms with E-state index in [0.29, 0.717) is 31.5 Å². The van der Waals surface area contributed by atoms with Crippen LogP contribution < -0.4 is 10.7 Å². The Kier molecular flexibility index (Phi) is 7.22. The summed E-state index contributed by atoms with van der Waals surface area (Å²) >= 11 is 0. The Morgan fingerprint density at radius 2 is 1.81 bits per heavy atom. The first-order valence-electron chi connectivity index (χ1n) is 10.1. The molecular weight excluding hydrogens is 342 g/mol. The second kappa shape index (κ2) is 9.20. The Bertz CT molecular complexity index is 733. The summed E-state index contributed by atoms with van der Waals surface area (Å²) in [5, 5.41) is 2.77. The van der Waals surface area contributed by atoms with Crippen LogP contribution in [-0.4, -0.2) is 40.4 Å². The number of aromatic nitrogens is 1. The Morgan fingerprint density at radius 1 is 1.19 bits per heavy atom. The summed E-state index contributed by atoms with van der Waals surface area (Å²) < 4.78 is 1.80. The van der Waals surface area contributed by atoms with Crippen LogP contribution in [-0.2, 0) is 6.54 Å². The Labute approximate surface area is 161 Å². The molecule has 2 rings (SSSR count). The van der Waals surface area contributed by atoms with Crippen LogP contribution in [0.5, 0.6) is 0 Å². The number of carbonyl (C=O) groups excluding carboxylic acids is 2. The van der Waals surface area contributed by atoms with Crippen molar-refractivity contribution in [1.82, 2.24) is 14.8 Å². The van der Waals surface area contributed by atoms with Crippen LogP contribution in [0.1, 0.15) is 74.6 Å². The molecule has 0 saturated heterocycles. The first-order chi connectivity index (χ1) is 12.7. The lowest BCUT2D eigenvalue weighted by Crippen LogP contribution is -2.40. The molecule has 1 aliphatic carbocycles. The van der Waals surface area contributed by atoms with Gasteiger partial charge < -0.3 is 14.8 Å². The molecule has 6 heteroatoms. The van der Waals surface area contributed by atoms with Gasteiger partial charge in [-0.2, -0.15) is 0 Å². The number of hydrogen-bond acceptors (Lipinski definition) is 3. The minimum Gasteiger partial charge on any atom is -0.352 e. The fraction of sp³-hybridized carbons (Fsp3) is 0.667. The number of hydrogen-bond donors (Lipinski definition) is 1. The number of nitrogens with one attached hydrogen (secondary N) is 1. The lowest BCUT2D eigenvalue weighted by atomic mass is 10.1. The van der Waals surface area contributed by atoms with Gasteiger partial charge in [0.1, 0.15) is 11.1 Å². The molecule has 1 aromatic heterocycles. The Hall–Kier alpha value is -2.11. The van der Waals surface area contributed by atoms with Crippen molar-refractivity contribution in [2.24, 2.45) is 11.8 Å². The molecule has 0 spiro atoms. The predicted molar refractivity (Wildman–Crippen MR) is 107 cm³/mol. The van der Waals surface area contributed by atoms with Crippen molar-refractivity contribution in [1.29, 1.82) is 0 Å². The summed E-state index contributed by atoms with van der Waals surface area (Å²) in [4.78, 5) is 40.4. The maximum Gasteiger partial charge on any atom is 0.259 e. The molecule has 1 heterocycles. The normalized spacial score (nSPS) is 13.9. The molecule has 0 aromatic carbocycles. The van der Waals surface area contributed by atoms with Crippen LogP contribution in [0.15, 0.2) is 17.2 Å². The van der Waals surface area contributed by atoms with Crippen LogP contribution in [0, 0.1) is 11.8 Å². The number of amides is 2. The van der Waals surface area contributed by atoms with E-state index in [-0.39, 0.29) is 23.1 Å². The fourth-order valence-electron chi connectivity index (χ4n) is 3.14. The van der Waals surface area contributed by atoms with Gasteiger partial charge >= 0.3 is 0 Å². The summed E-state index contributed by atoms with van der Waals surface area (Å²) in [6, 6.07) is -0.0822. The summed E-state index contributed by atoms with van der Waals surface area (Å²) in [6.07, 6.45) is 6.31. The lowest BCUT2D eigenvalue weighted by molar-refractivity contribution is 0.0745. The van der Waals surface area contributed by atoms with E-state index < -0.39 is 11.3 Å². The van der Waals surface area contributed by atoms with Crippen molar-refractivity contribution in [3.05, 3.63) is 33.7 Å². The highest BCUT2D eigenvalue weighted by Crippen LogP contribution is 2.30. The molecule has 0 unspecified atom stereocenters. The zero-order valence-corrected chi connectivity index (χ0v) is 17.2. The van der Waals surface area contributed by atoms with Crippen LogP contribution >= 0.6 is 0 Å². The number of nitrogens with zero attached hydrogens (tertiary/aromatic N) is 2. The molecule has 27 heavy (non-hydrogen) atoms. The smallest absolute Gasteiger partial charge is 0.259 e. The van der Waals surface area contributed by atoms with Crippen molar-refractivity contribution in [2.75, 3.05) is 13.1 Å². The van der Waals surface area contributed by atoms with E-state index in [0.717, 1.165) is 19.3 Å². The molecule has 0 bridgehead atoms. The lowest BCUT2D eigenvalue weighted by Gasteiger charge is -2.23. The summed E-state index contributed by atoms with van der Waals surface area (Å²) in [5.74, 6) is 0.192. The Morgan fingerprint density at radius 3 is 2.33 bits per heavy atom. The topological polar surface area (TPSA) is 71.4 Å².